The second kappa shape index (κ2) is 6.07. The van der Waals surface area contributed by atoms with E-state index in [1.165, 1.54) is 38.2 Å². The maximum absolute atomic E-state index is 13.6. The van der Waals surface area contributed by atoms with Gasteiger partial charge >= 0.3 is 0 Å². The molecule has 18 heavy (non-hydrogen) atoms. The summed E-state index contributed by atoms with van der Waals surface area (Å²) in [7, 11) is 0. The molecule has 1 aromatic rings. The van der Waals surface area contributed by atoms with Gasteiger partial charge < -0.3 is 5.11 Å². The Labute approximate surface area is 113 Å². The van der Waals surface area contributed by atoms with Crippen molar-refractivity contribution in [2.75, 3.05) is 0 Å². The van der Waals surface area contributed by atoms with Crippen LogP contribution in [0.25, 0.3) is 0 Å². The average molecular weight is 268 g/mol. The summed E-state index contributed by atoms with van der Waals surface area (Å²) in [6, 6.07) is 3.38. The quantitative estimate of drug-likeness (QED) is 0.863. The van der Waals surface area contributed by atoms with Crippen LogP contribution in [-0.2, 0) is 0 Å². The van der Waals surface area contributed by atoms with Gasteiger partial charge in [-0.25, -0.2) is 4.39 Å². The lowest BCUT2D eigenvalue weighted by molar-refractivity contribution is 0.196. The highest BCUT2D eigenvalue weighted by atomic mass is 32.2. The van der Waals surface area contributed by atoms with E-state index in [-0.39, 0.29) is 5.82 Å². The summed E-state index contributed by atoms with van der Waals surface area (Å²) in [5.41, 5.74) is 1.39. The smallest absolute Gasteiger partial charge is 0.126 e. The molecule has 0 aliphatic heterocycles. The van der Waals surface area contributed by atoms with E-state index in [1.54, 1.807) is 13.8 Å². The van der Waals surface area contributed by atoms with Gasteiger partial charge in [-0.15, -0.1) is 11.8 Å². The Morgan fingerprint density at radius 2 is 1.94 bits per heavy atom. The summed E-state index contributed by atoms with van der Waals surface area (Å²) in [4.78, 5) is 1.05. The van der Waals surface area contributed by atoms with Crippen LogP contribution in [0.5, 0.6) is 0 Å². The Kier molecular flexibility index (Phi) is 4.68. The summed E-state index contributed by atoms with van der Waals surface area (Å²) in [6.07, 6.45) is 5.79. The maximum atomic E-state index is 13.6. The van der Waals surface area contributed by atoms with E-state index in [9.17, 15) is 9.50 Å². The van der Waals surface area contributed by atoms with Gasteiger partial charge in [0.05, 0.1) is 6.10 Å². The van der Waals surface area contributed by atoms with Gasteiger partial charge in [-0.05, 0) is 49.9 Å². The topological polar surface area (TPSA) is 20.2 Å². The van der Waals surface area contributed by atoms with E-state index in [2.05, 4.69) is 0 Å². The first kappa shape index (κ1) is 13.9. The van der Waals surface area contributed by atoms with Crippen LogP contribution in [0, 0.1) is 12.7 Å². The molecule has 0 saturated heterocycles. The zero-order valence-electron chi connectivity index (χ0n) is 11.1. The van der Waals surface area contributed by atoms with Crippen molar-refractivity contribution in [1.29, 1.82) is 0 Å². The minimum Gasteiger partial charge on any atom is -0.389 e. The number of halogens is 1. The van der Waals surface area contributed by atoms with Gasteiger partial charge in [0.1, 0.15) is 5.82 Å². The first-order chi connectivity index (χ1) is 8.58. The molecule has 1 aromatic carbocycles. The van der Waals surface area contributed by atoms with E-state index < -0.39 is 6.10 Å². The van der Waals surface area contributed by atoms with Gasteiger partial charge in [0.25, 0.3) is 0 Å². The van der Waals surface area contributed by atoms with Gasteiger partial charge in [0.2, 0.25) is 0 Å². The molecule has 1 saturated carbocycles. The molecule has 0 bridgehead atoms. The molecule has 1 atom stereocenters. The fourth-order valence-corrected chi connectivity index (χ4v) is 4.00. The van der Waals surface area contributed by atoms with Gasteiger partial charge in [-0.3, -0.25) is 0 Å². The molecule has 0 radical (unpaired) electrons. The van der Waals surface area contributed by atoms with Crippen LogP contribution in [-0.4, -0.2) is 10.4 Å². The molecule has 1 aliphatic rings. The van der Waals surface area contributed by atoms with Crippen LogP contribution < -0.4 is 0 Å². The molecule has 100 valence electrons. The first-order valence-electron chi connectivity index (χ1n) is 6.72. The molecule has 1 nitrogen and oxygen atoms in total. The summed E-state index contributed by atoms with van der Waals surface area (Å²) >= 11 is 1.82. The van der Waals surface area contributed by atoms with Crippen molar-refractivity contribution in [3.05, 3.63) is 29.1 Å². The lowest BCUT2D eigenvalue weighted by Gasteiger charge is -2.23. The average Bonchev–Trinajstić information content (AvgIpc) is 2.34. The third-order valence-electron chi connectivity index (χ3n) is 3.59. The first-order valence-corrected chi connectivity index (χ1v) is 7.60. The number of benzene rings is 1. The van der Waals surface area contributed by atoms with Crippen molar-refractivity contribution in [3.63, 3.8) is 0 Å². The third-order valence-corrected chi connectivity index (χ3v) is 5.00. The second-order valence-electron chi connectivity index (χ2n) is 5.19. The van der Waals surface area contributed by atoms with E-state index >= 15 is 0 Å². The molecule has 3 heteroatoms. The number of rotatable bonds is 3. The van der Waals surface area contributed by atoms with Crippen molar-refractivity contribution in [2.24, 2.45) is 0 Å². The predicted octanol–water partition coefficient (Wildman–Crippen LogP) is 4.61. The molecular formula is C15H21FOS. The molecule has 0 heterocycles. The van der Waals surface area contributed by atoms with Gasteiger partial charge in [-0.2, -0.15) is 0 Å². The molecule has 0 aromatic heterocycles. The standard InChI is InChI=1S/C15H21FOS/c1-10-8-15(13(11(2)17)9-14(10)16)18-12-6-4-3-5-7-12/h8-9,11-12,17H,3-7H2,1-2H3/t11-/m1/s1. The fourth-order valence-electron chi connectivity index (χ4n) is 2.46. The summed E-state index contributed by atoms with van der Waals surface area (Å²) < 4.78 is 13.6. The van der Waals surface area contributed by atoms with E-state index in [4.69, 9.17) is 0 Å². The Morgan fingerprint density at radius 3 is 2.56 bits per heavy atom. The van der Waals surface area contributed by atoms with Crippen molar-refractivity contribution in [1.82, 2.24) is 0 Å². The summed E-state index contributed by atoms with van der Waals surface area (Å²) in [5.74, 6) is -0.223. The van der Waals surface area contributed by atoms with Crippen molar-refractivity contribution in [2.45, 2.75) is 62.2 Å². The van der Waals surface area contributed by atoms with Crippen LogP contribution in [0.15, 0.2) is 17.0 Å². The van der Waals surface area contributed by atoms with Crippen LogP contribution >= 0.6 is 11.8 Å². The molecule has 0 amide bonds. The highest BCUT2D eigenvalue weighted by Crippen LogP contribution is 2.38. The Hall–Kier alpha value is -0.540. The minimum absolute atomic E-state index is 0.223. The monoisotopic (exact) mass is 268 g/mol. The largest absolute Gasteiger partial charge is 0.389 e. The Morgan fingerprint density at radius 1 is 1.28 bits per heavy atom. The SMILES string of the molecule is Cc1cc(SC2CCCCC2)c([C@@H](C)O)cc1F. The lowest BCUT2D eigenvalue weighted by Crippen LogP contribution is -2.09. The number of hydrogen-bond donors (Lipinski definition) is 1. The van der Waals surface area contributed by atoms with E-state index in [0.29, 0.717) is 10.8 Å². The van der Waals surface area contributed by atoms with Crippen molar-refractivity contribution < 1.29 is 9.50 Å². The van der Waals surface area contributed by atoms with Gasteiger partial charge in [0.15, 0.2) is 0 Å². The van der Waals surface area contributed by atoms with E-state index in [1.807, 2.05) is 17.8 Å². The molecule has 2 rings (SSSR count). The number of thioether (sulfide) groups is 1. The summed E-state index contributed by atoms with van der Waals surface area (Å²) in [6.45, 7) is 3.49. The van der Waals surface area contributed by atoms with Gasteiger partial charge in [0, 0.05) is 10.1 Å². The summed E-state index contributed by atoms with van der Waals surface area (Å²) in [5, 5.41) is 10.4. The van der Waals surface area contributed by atoms with Gasteiger partial charge in [-0.1, -0.05) is 19.3 Å². The zero-order valence-corrected chi connectivity index (χ0v) is 11.9. The van der Waals surface area contributed by atoms with Crippen LogP contribution in [0.4, 0.5) is 4.39 Å². The fraction of sp³-hybridized carbons (Fsp3) is 0.600. The van der Waals surface area contributed by atoms with Crippen LogP contribution in [0.3, 0.4) is 0 Å². The predicted molar refractivity (Wildman–Crippen MR) is 74.5 cm³/mol. The third kappa shape index (κ3) is 3.27. The molecular weight excluding hydrogens is 247 g/mol. The second-order valence-corrected chi connectivity index (χ2v) is 6.54. The maximum Gasteiger partial charge on any atom is 0.126 e. The number of aryl methyl sites for hydroxylation is 1. The van der Waals surface area contributed by atoms with Crippen molar-refractivity contribution >= 4 is 11.8 Å². The number of aliphatic hydroxyl groups excluding tert-OH is 1. The Balaban J connectivity index is 2.21. The molecule has 1 aliphatic carbocycles. The normalized spacial score (nSPS) is 18.9. The number of aliphatic hydroxyl groups is 1. The molecule has 1 fully saturated rings. The van der Waals surface area contributed by atoms with Crippen molar-refractivity contribution in [3.8, 4) is 0 Å². The lowest BCUT2D eigenvalue weighted by atomic mass is 10.0. The number of hydrogen-bond acceptors (Lipinski definition) is 2. The molecule has 0 unspecified atom stereocenters. The highest BCUT2D eigenvalue weighted by Gasteiger charge is 2.19. The van der Waals surface area contributed by atoms with Crippen LogP contribution in [0.1, 0.15) is 56.3 Å². The van der Waals surface area contributed by atoms with Crippen LogP contribution in [0.2, 0.25) is 0 Å². The van der Waals surface area contributed by atoms with E-state index in [0.717, 1.165) is 10.5 Å². The molecule has 1 N–H and O–H groups in total. The zero-order chi connectivity index (χ0) is 13.1. The molecule has 0 spiro atoms. The Bertz CT molecular complexity index is 411. The minimum atomic E-state index is -0.605. The highest BCUT2D eigenvalue weighted by molar-refractivity contribution is 8.00.